The van der Waals surface area contributed by atoms with Gasteiger partial charge < -0.3 is 26.7 Å². The molecule has 9 heteroatoms. The fraction of sp³-hybridized carbons (Fsp3) is 0.455. The van der Waals surface area contributed by atoms with Crippen LogP contribution in [0.15, 0.2) is 11.0 Å². The van der Waals surface area contributed by atoms with E-state index in [0.29, 0.717) is 11.1 Å². The molecule has 9 nitrogen and oxygen atoms in total. The molecule has 0 bridgehead atoms. The topological polar surface area (TPSA) is 166 Å². The summed E-state index contributed by atoms with van der Waals surface area (Å²) in [5.74, 6) is -0.01000. The van der Waals surface area contributed by atoms with E-state index < -0.39 is 17.8 Å². The number of hydrogen-bond donors (Lipinski definition) is 7. The van der Waals surface area contributed by atoms with Crippen LogP contribution < -0.4 is 22.3 Å². The Bertz CT molecular complexity index is 710. The summed E-state index contributed by atoms with van der Waals surface area (Å²) < 4.78 is 0. The minimum absolute atomic E-state index is 0.01000. The summed E-state index contributed by atoms with van der Waals surface area (Å²) in [6, 6.07) is -0.524. The molecule has 0 radical (unpaired) electrons. The fourth-order valence-electron chi connectivity index (χ4n) is 2.69. The first-order valence-electron chi connectivity index (χ1n) is 6.17. The zero-order valence-electron chi connectivity index (χ0n) is 10.6. The van der Waals surface area contributed by atoms with Gasteiger partial charge in [-0.25, -0.2) is 4.98 Å². The molecular weight excluding hydrogens is 264 g/mol. The number of H-pyrrole nitrogens is 2. The molecule has 0 amide bonds. The smallest absolute Gasteiger partial charge is 0.276 e. The predicted octanol–water partition coefficient (Wildman–Crippen LogP) is -2.34. The van der Waals surface area contributed by atoms with Crippen LogP contribution in [0.4, 0.5) is 5.95 Å². The van der Waals surface area contributed by atoms with Crippen molar-refractivity contribution in [3.05, 3.63) is 22.1 Å². The lowest BCUT2D eigenvalue weighted by Gasteiger charge is -2.24. The lowest BCUT2D eigenvalue weighted by molar-refractivity contribution is 0.120. The number of rotatable bonds is 2. The first-order valence-corrected chi connectivity index (χ1v) is 6.17. The Morgan fingerprint density at radius 1 is 1.55 bits per heavy atom. The molecule has 1 aliphatic heterocycles. The minimum atomic E-state index is -1.09. The van der Waals surface area contributed by atoms with Gasteiger partial charge >= 0.3 is 0 Å². The number of nitrogen functional groups attached to an aromatic ring is 1. The molecule has 2 aromatic heterocycles. The van der Waals surface area contributed by atoms with Crippen molar-refractivity contribution in [1.29, 1.82) is 0 Å². The van der Waals surface area contributed by atoms with Crippen LogP contribution in [0.2, 0.25) is 0 Å². The van der Waals surface area contributed by atoms with Gasteiger partial charge in [0.15, 0.2) is 0 Å². The first-order chi connectivity index (χ1) is 9.44. The highest BCUT2D eigenvalue weighted by molar-refractivity contribution is 5.80. The Kier molecular flexibility index (Phi) is 2.80. The van der Waals surface area contributed by atoms with Crippen molar-refractivity contribution in [2.45, 2.75) is 24.2 Å². The summed E-state index contributed by atoms with van der Waals surface area (Å²) in [4.78, 5) is 21.0. The van der Waals surface area contributed by atoms with Crippen molar-refractivity contribution in [2.24, 2.45) is 5.73 Å². The van der Waals surface area contributed by atoms with Crippen LogP contribution >= 0.6 is 0 Å². The monoisotopic (exact) mass is 280 g/mol. The third-order valence-electron chi connectivity index (χ3n) is 3.67. The molecule has 108 valence electrons. The molecule has 2 aromatic rings. The Hall–Kier alpha value is -1.94. The van der Waals surface area contributed by atoms with Crippen LogP contribution in [0.5, 0.6) is 0 Å². The number of nitrogens with one attached hydrogen (secondary N) is 3. The number of aliphatic hydroxyl groups excluding tert-OH is 2. The van der Waals surface area contributed by atoms with Gasteiger partial charge in [0.1, 0.15) is 11.0 Å². The van der Waals surface area contributed by atoms with Crippen molar-refractivity contribution in [3.8, 4) is 0 Å². The summed E-state index contributed by atoms with van der Waals surface area (Å²) in [6.45, 7) is -0.237. The van der Waals surface area contributed by atoms with E-state index in [9.17, 15) is 15.0 Å². The highest BCUT2D eigenvalue weighted by Gasteiger charge is 2.44. The van der Waals surface area contributed by atoms with Gasteiger partial charge in [-0.05, 0) is 0 Å². The number of hydrogen-bond acceptors (Lipinski definition) is 7. The number of fused-ring (bicyclic) bond motifs is 1. The molecule has 0 spiro atoms. The van der Waals surface area contributed by atoms with Crippen molar-refractivity contribution < 1.29 is 10.2 Å². The van der Waals surface area contributed by atoms with Crippen LogP contribution in [0.3, 0.4) is 0 Å². The Labute approximate surface area is 113 Å². The Morgan fingerprint density at radius 3 is 2.95 bits per heavy atom. The van der Waals surface area contributed by atoms with Gasteiger partial charge in [0.2, 0.25) is 5.95 Å². The molecule has 0 saturated carbocycles. The molecule has 1 aliphatic rings. The van der Waals surface area contributed by atoms with Crippen molar-refractivity contribution in [2.75, 3.05) is 12.3 Å². The maximum absolute atomic E-state index is 11.8. The first kappa shape index (κ1) is 13.1. The number of aromatic amines is 2. The molecule has 3 atom stereocenters. The summed E-state index contributed by atoms with van der Waals surface area (Å²) in [6.07, 6.45) is 0.972. The summed E-state index contributed by atoms with van der Waals surface area (Å²) in [5, 5.41) is 22.0. The predicted molar refractivity (Wildman–Crippen MR) is 71.6 cm³/mol. The second-order valence-electron chi connectivity index (χ2n) is 5.05. The highest BCUT2D eigenvalue weighted by Crippen LogP contribution is 2.32. The van der Waals surface area contributed by atoms with Crippen LogP contribution in [-0.2, 0) is 5.66 Å². The average molecular weight is 280 g/mol. The quantitative estimate of drug-likeness (QED) is 0.323. The molecule has 20 heavy (non-hydrogen) atoms. The number of nitrogens with zero attached hydrogens (tertiary/aromatic N) is 1. The normalized spacial score (nSPS) is 30.1. The van der Waals surface area contributed by atoms with E-state index in [1.165, 1.54) is 0 Å². The molecule has 3 heterocycles. The average Bonchev–Trinajstić information content (AvgIpc) is 2.91. The summed E-state index contributed by atoms with van der Waals surface area (Å²) in [7, 11) is 0. The standard InChI is InChI=1S/C11H16N6O3/c12-10-15-7-4(2-14-8(7)9(20)16-10)11(13)1-6(19)5(3-18)17-11/h2,5-6,14,17-19H,1,3,13H2,(H3,12,15,16,20)/t5-,6+,11-/m1/s1. The largest absolute Gasteiger partial charge is 0.395 e. The molecule has 9 N–H and O–H groups in total. The fourth-order valence-corrected chi connectivity index (χ4v) is 2.69. The van der Waals surface area contributed by atoms with E-state index >= 15 is 0 Å². The van der Waals surface area contributed by atoms with Gasteiger partial charge in [-0.1, -0.05) is 0 Å². The van der Waals surface area contributed by atoms with E-state index in [2.05, 4.69) is 20.3 Å². The van der Waals surface area contributed by atoms with Crippen molar-refractivity contribution in [1.82, 2.24) is 20.3 Å². The van der Waals surface area contributed by atoms with E-state index in [1.807, 2.05) is 0 Å². The Morgan fingerprint density at radius 2 is 2.30 bits per heavy atom. The van der Waals surface area contributed by atoms with Crippen molar-refractivity contribution >= 4 is 17.0 Å². The number of aromatic nitrogens is 3. The van der Waals surface area contributed by atoms with E-state index in [-0.39, 0.29) is 30.1 Å². The van der Waals surface area contributed by atoms with E-state index in [1.54, 1.807) is 6.20 Å². The molecule has 0 aromatic carbocycles. The van der Waals surface area contributed by atoms with Crippen LogP contribution in [0, 0.1) is 0 Å². The van der Waals surface area contributed by atoms with Crippen molar-refractivity contribution in [3.63, 3.8) is 0 Å². The lowest BCUT2D eigenvalue weighted by atomic mass is 9.99. The summed E-state index contributed by atoms with van der Waals surface area (Å²) >= 11 is 0. The third-order valence-corrected chi connectivity index (χ3v) is 3.67. The SMILES string of the molecule is Nc1nc2c([C@@]3(N)C[C@H](O)[C@@H](CO)N3)c[nH]c2c(=O)[nH]1. The molecule has 1 fully saturated rings. The second kappa shape index (κ2) is 4.28. The van der Waals surface area contributed by atoms with Gasteiger partial charge in [0.25, 0.3) is 5.56 Å². The van der Waals surface area contributed by atoms with Crippen LogP contribution in [0.25, 0.3) is 11.0 Å². The van der Waals surface area contributed by atoms with Crippen LogP contribution in [0.1, 0.15) is 12.0 Å². The number of nitrogens with two attached hydrogens (primary N) is 2. The molecule has 0 unspecified atom stereocenters. The molecule has 3 rings (SSSR count). The van der Waals surface area contributed by atoms with Gasteiger partial charge in [-0.2, -0.15) is 0 Å². The number of aliphatic hydroxyl groups is 2. The zero-order valence-corrected chi connectivity index (χ0v) is 10.6. The zero-order chi connectivity index (χ0) is 14.5. The lowest BCUT2D eigenvalue weighted by Crippen LogP contribution is -2.49. The third kappa shape index (κ3) is 1.79. The van der Waals surface area contributed by atoms with E-state index in [0.717, 1.165) is 0 Å². The second-order valence-corrected chi connectivity index (χ2v) is 5.05. The maximum atomic E-state index is 11.8. The van der Waals surface area contributed by atoms with Gasteiger partial charge in [-0.15, -0.1) is 0 Å². The molecular formula is C11H16N6O3. The van der Waals surface area contributed by atoms with E-state index in [4.69, 9.17) is 11.5 Å². The molecule has 1 saturated heterocycles. The Balaban J connectivity index is 2.14. The van der Waals surface area contributed by atoms with Gasteiger partial charge in [0.05, 0.1) is 24.4 Å². The minimum Gasteiger partial charge on any atom is -0.395 e. The highest BCUT2D eigenvalue weighted by atomic mass is 16.3. The summed E-state index contributed by atoms with van der Waals surface area (Å²) in [5.41, 5.74) is 11.5. The van der Waals surface area contributed by atoms with Crippen LogP contribution in [-0.4, -0.2) is 43.9 Å². The van der Waals surface area contributed by atoms with Gasteiger partial charge in [-0.3, -0.25) is 15.1 Å². The van der Waals surface area contributed by atoms with Gasteiger partial charge in [0, 0.05) is 18.2 Å². The molecule has 0 aliphatic carbocycles. The number of anilines is 1. The maximum Gasteiger partial charge on any atom is 0.276 e.